The first-order valence-corrected chi connectivity index (χ1v) is 8.02. The molecule has 1 aromatic carbocycles. The Bertz CT molecular complexity index is 875. The Morgan fingerprint density at radius 3 is 2.59 bits per heavy atom. The molecule has 3 aromatic rings. The molecule has 0 aliphatic carbocycles. The van der Waals surface area contributed by atoms with E-state index in [1.807, 2.05) is 31.2 Å². The van der Waals surface area contributed by atoms with Crippen molar-refractivity contribution in [3.63, 3.8) is 0 Å². The van der Waals surface area contributed by atoms with Crippen molar-refractivity contribution in [1.29, 1.82) is 0 Å². The van der Waals surface area contributed by atoms with Crippen LogP contribution in [-0.4, -0.2) is 22.1 Å². The highest BCUT2D eigenvalue weighted by Gasteiger charge is 2.20. The third kappa shape index (κ3) is 2.54. The number of rotatable bonds is 2. The number of benzene rings is 1. The maximum Gasteiger partial charge on any atom is 0.203 e. The van der Waals surface area contributed by atoms with Crippen molar-refractivity contribution in [2.75, 3.05) is 12.8 Å². The van der Waals surface area contributed by atoms with Gasteiger partial charge in [-0.15, -0.1) is 11.3 Å². The van der Waals surface area contributed by atoms with Gasteiger partial charge in [0.1, 0.15) is 15.5 Å². The number of nitrogens with zero attached hydrogens (tertiary/aromatic N) is 2. The van der Waals surface area contributed by atoms with Gasteiger partial charge in [-0.3, -0.25) is 0 Å². The number of thiocarbonyl (C=S) groups is 1. The zero-order chi connectivity index (χ0) is 15.9. The Kier molecular flexibility index (Phi) is 3.99. The molecule has 2 heterocycles. The Morgan fingerprint density at radius 1 is 1.27 bits per heavy atom. The van der Waals surface area contributed by atoms with Gasteiger partial charge in [0, 0.05) is 10.6 Å². The summed E-state index contributed by atoms with van der Waals surface area (Å²) in [5.41, 5.74) is 8.53. The first kappa shape index (κ1) is 15.1. The Morgan fingerprint density at radius 2 is 1.95 bits per heavy atom. The van der Waals surface area contributed by atoms with Crippen molar-refractivity contribution in [2.24, 2.45) is 0 Å². The van der Waals surface area contributed by atoms with Crippen molar-refractivity contribution in [2.45, 2.75) is 6.92 Å². The molecule has 22 heavy (non-hydrogen) atoms. The molecule has 0 bridgehead atoms. The van der Waals surface area contributed by atoms with Gasteiger partial charge in [-0.1, -0.05) is 23.7 Å². The van der Waals surface area contributed by atoms with Crippen LogP contribution >= 0.6 is 35.2 Å². The van der Waals surface area contributed by atoms with Crippen LogP contribution < -0.4 is 5.73 Å². The van der Waals surface area contributed by atoms with E-state index in [2.05, 4.69) is 9.97 Å². The van der Waals surface area contributed by atoms with E-state index >= 15 is 0 Å². The van der Waals surface area contributed by atoms with Gasteiger partial charge < -0.3 is 10.5 Å². The van der Waals surface area contributed by atoms with Gasteiger partial charge in [-0.2, -0.15) is 0 Å². The zero-order valence-corrected chi connectivity index (χ0v) is 14.3. The lowest BCUT2D eigenvalue weighted by Gasteiger charge is -2.06. The molecule has 0 saturated heterocycles. The molecule has 2 aromatic heterocycles. The minimum atomic E-state index is 0.361. The third-order valence-corrected chi connectivity index (χ3v) is 5.04. The standard InChI is InChI=1S/C15H12ClN3OS2/c1-7-18-12(8-3-5-9(16)6-4-8)10-11(17)13(15(21)20-2)22-14(10)19-7/h3-6H,17H2,1-2H3. The van der Waals surface area contributed by atoms with Crippen LogP contribution in [0.5, 0.6) is 0 Å². The summed E-state index contributed by atoms with van der Waals surface area (Å²) >= 11 is 12.6. The molecular formula is C15H12ClN3OS2. The van der Waals surface area contributed by atoms with Gasteiger partial charge in [0.05, 0.1) is 23.9 Å². The van der Waals surface area contributed by atoms with Crippen molar-refractivity contribution in [3.8, 4) is 11.3 Å². The van der Waals surface area contributed by atoms with E-state index < -0.39 is 0 Å². The molecule has 0 aliphatic rings. The average Bonchev–Trinajstić information content (AvgIpc) is 2.83. The Hall–Kier alpha value is -1.76. The highest BCUT2D eigenvalue weighted by Crippen LogP contribution is 2.38. The number of methoxy groups -OCH3 is 1. The lowest BCUT2D eigenvalue weighted by atomic mass is 10.1. The number of aryl methyl sites for hydroxylation is 1. The number of nitrogens with two attached hydrogens (primary N) is 1. The minimum absolute atomic E-state index is 0.361. The molecule has 0 atom stereocenters. The van der Waals surface area contributed by atoms with Crippen molar-refractivity contribution >= 4 is 56.1 Å². The summed E-state index contributed by atoms with van der Waals surface area (Å²) in [6.07, 6.45) is 0. The summed E-state index contributed by atoms with van der Waals surface area (Å²) < 4.78 is 5.13. The van der Waals surface area contributed by atoms with Gasteiger partial charge in [-0.05, 0) is 31.3 Å². The first-order valence-electron chi connectivity index (χ1n) is 6.42. The van der Waals surface area contributed by atoms with E-state index in [-0.39, 0.29) is 0 Å². The Balaban J connectivity index is 2.32. The molecule has 0 radical (unpaired) electrons. The van der Waals surface area contributed by atoms with E-state index in [1.54, 1.807) is 0 Å². The third-order valence-electron chi connectivity index (χ3n) is 3.19. The summed E-state index contributed by atoms with van der Waals surface area (Å²) in [6.45, 7) is 1.85. The fraction of sp³-hybridized carbons (Fsp3) is 0.133. The molecule has 112 valence electrons. The first-order chi connectivity index (χ1) is 10.5. The van der Waals surface area contributed by atoms with Gasteiger partial charge in [0.15, 0.2) is 0 Å². The SMILES string of the molecule is COC(=S)c1sc2nc(C)nc(-c3ccc(Cl)cc3)c2c1N. The predicted octanol–water partition coefficient (Wildman–Crippen LogP) is 4.22. The van der Waals surface area contributed by atoms with Crippen LogP contribution in [0.25, 0.3) is 21.5 Å². The topological polar surface area (TPSA) is 61.0 Å². The summed E-state index contributed by atoms with van der Waals surface area (Å²) in [7, 11) is 1.53. The number of thiophene rings is 1. The monoisotopic (exact) mass is 349 g/mol. The molecule has 0 fully saturated rings. The summed E-state index contributed by atoms with van der Waals surface area (Å²) in [6, 6.07) is 7.47. The molecule has 0 amide bonds. The largest absolute Gasteiger partial charge is 0.486 e. The van der Waals surface area contributed by atoms with Crippen LogP contribution in [0.1, 0.15) is 10.7 Å². The number of hydrogen-bond donors (Lipinski definition) is 1. The lowest BCUT2D eigenvalue weighted by Crippen LogP contribution is -2.00. The summed E-state index contributed by atoms with van der Waals surface area (Å²) in [5.74, 6) is 0.675. The quantitative estimate of drug-likeness (QED) is 0.702. The molecular weight excluding hydrogens is 338 g/mol. The van der Waals surface area contributed by atoms with E-state index in [0.29, 0.717) is 26.5 Å². The highest BCUT2D eigenvalue weighted by atomic mass is 35.5. The number of hydrogen-bond acceptors (Lipinski definition) is 6. The van der Waals surface area contributed by atoms with Gasteiger partial charge in [0.2, 0.25) is 5.05 Å². The molecule has 7 heteroatoms. The van der Waals surface area contributed by atoms with Crippen molar-refractivity contribution < 1.29 is 4.74 Å². The maximum atomic E-state index is 6.27. The lowest BCUT2D eigenvalue weighted by molar-refractivity contribution is 0.417. The number of anilines is 1. The molecule has 3 rings (SSSR count). The second-order valence-electron chi connectivity index (χ2n) is 4.64. The average molecular weight is 350 g/mol. The molecule has 0 spiro atoms. The predicted molar refractivity (Wildman–Crippen MR) is 95.7 cm³/mol. The smallest absolute Gasteiger partial charge is 0.203 e. The molecule has 4 nitrogen and oxygen atoms in total. The van der Waals surface area contributed by atoms with Crippen LogP contribution in [0.2, 0.25) is 5.02 Å². The second-order valence-corrected chi connectivity index (χ2v) is 6.45. The number of halogens is 1. The van der Waals surface area contributed by atoms with Crippen LogP contribution in [0.3, 0.4) is 0 Å². The number of ether oxygens (including phenoxy) is 1. The van der Waals surface area contributed by atoms with E-state index in [0.717, 1.165) is 21.5 Å². The van der Waals surface area contributed by atoms with E-state index in [9.17, 15) is 0 Å². The van der Waals surface area contributed by atoms with Crippen LogP contribution in [0.15, 0.2) is 24.3 Å². The van der Waals surface area contributed by atoms with Gasteiger partial charge in [0.25, 0.3) is 0 Å². The fourth-order valence-corrected chi connectivity index (χ4v) is 3.61. The second kappa shape index (κ2) is 5.79. The molecule has 0 unspecified atom stereocenters. The molecule has 0 saturated carbocycles. The van der Waals surface area contributed by atoms with Crippen molar-refractivity contribution in [1.82, 2.24) is 9.97 Å². The number of fused-ring (bicyclic) bond motifs is 1. The molecule has 2 N–H and O–H groups in total. The van der Waals surface area contributed by atoms with Crippen LogP contribution in [0, 0.1) is 6.92 Å². The van der Waals surface area contributed by atoms with Crippen LogP contribution in [-0.2, 0) is 4.74 Å². The maximum absolute atomic E-state index is 6.27. The van der Waals surface area contributed by atoms with Gasteiger partial charge in [-0.25, -0.2) is 9.97 Å². The van der Waals surface area contributed by atoms with E-state index in [1.165, 1.54) is 18.4 Å². The number of nitrogen functional groups attached to an aromatic ring is 1. The van der Waals surface area contributed by atoms with Gasteiger partial charge >= 0.3 is 0 Å². The Labute approximate surface area is 141 Å². The highest BCUT2D eigenvalue weighted by molar-refractivity contribution is 7.81. The number of aromatic nitrogens is 2. The molecule has 0 aliphatic heterocycles. The fourth-order valence-electron chi connectivity index (χ4n) is 2.19. The van der Waals surface area contributed by atoms with E-state index in [4.69, 9.17) is 34.3 Å². The summed E-state index contributed by atoms with van der Waals surface area (Å²) in [5, 5.41) is 1.83. The van der Waals surface area contributed by atoms with Crippen molar-refractivity contribution in [3.05, 3.63) is 40.0 Å². The van der Waals surface area contributed by atoms with Crippen LogP contribution in [0.4, 0.5) is 5.69 Å². The normalized spacial score (nSPS) is 10.9. The minimum Gasteiger partial charge on any atom is -0.486 e. The zero-order valence-electron chi connectivity index (χ0n) is 11.9. The summed E-state index contributed by atoms with van der Waals surface area (Å²) in [4.78, 5) is 10.5.